The Morgan fingerprint density at radius 2 is 1.57 bits per heavy atom. The number of hydrogen-bond acceptors (Lipinski definition) is 4. The zero-order chi connectivity index (χ0) is 24.3. The molecule has 3 nitrogen and oxygen atoms in total. The molecule has 0 aliphatic heterocycles. The number of hydrogen-bond donors (Lipinski definition) is 0. The van der Waals surface area contributed by atoms with Crippen LogP contribution in [0, 0.1) is 6.92 Å². The van der Waals surface area contributed by atoms with Gasteiger partial charge in [-0.05, 0) is 71.2 Å². The second-order valence-electron chi connectivity index (χ2n) is 9.93. The summed E-state index contributed by atoms with van der Waals surface area (Å²) >= 11 is 1.83. The van der Waals surface area contributed by atoms with Crippen LogP contribution in [-0.2, 0) is 0 Å². The van der Waals surface area contributed by atoms with E-state index in [2.05, 4.69) is 87.3 Å². The summed E-state index contributed by atoms with van der Waals surface area (Å²) < 4.78 is 7.44. The van der Waals surface area contributed by atoms with Crippen LogP contribution >= 0.6 is 11.3 Å². The minimum absolute atomic E-state index is 0.463. The van der Waals surface area contributed by atoms with Crippen molar-refractivity contribution in [3.8, 4) is 21.7 Å². The van der Waals surface area contributed by atoms with Crippen molar-refractivity contribution in [2.45, 2.75) is 46.5 Å². The molecule has 6 aromatic rings. The van der Waals surface area contributed by atoms with Gasteiger partial charge in [-0.3, -0.25) is 4.98 Å². The fourth-order valence-corrected chi connectivity index (χ4v) is 6.13. The SMILES string of the molecule is Cc1ccc2c(n1)oc1c(-c3cc4cc(-c5c(C(C)C)cccc5C(C)C)sc4cn3)cccc12. The molecule has 0 unspecified atom stereocenters. The number of rotatable bonds is 4. The molecule has 0 fully saturated rings. The van der Waals surface area contributed by atoms with Crippen LogP contribution in [0.2, 0.25) is 0 Å². The molecule has 0 saturated heterocycles. The van der Waals surface area contributed by atoms with Gasteiger partial charge in [0.1, 0.15) is 5.58 Å². The third-order valence-electron chi connectivity index (χ3n) is 6.80. The summed E-state index contributed by atoms with van der Waals surface area (Å²) in [6.45, 7) is 11.1. The number of nitrogens with zero attached hydrogens (tertiary/aromatic N) is 2. The molecule has 0 atom stereocenters. The monoisotopic (exact) mass is 476 g/mol. The summed E-state index contributed by atoms with van der Waals surface area (Å²) in [6, 6.07) is 21.7. The molecule has 0 saturated carbocycles. The average Bonchev–Trinajstić information content (AvgIpc) is 3.43. The van der Waals surface area contributed by atoms with E-state index in [-0.39, 0.29) is 0 Å². The van der Waals surface area contributed by atoms with Gasteiger partial charge >= 0.3 is 0 Å². The molecular formula is C31H28N2OS. The molecule has 0 aliphatic carbocycles. The first-order chi connectivity index (χ1) is 16.9. The van der Waals surface area contributed by atoms with E-state index in [1.54, 1.807) is 0 Å². The molecule has 0 N–H and O–H groups in total. The first-order valence-corrected chi connectivity index (χ1v) is 13.0. The van der Waals surface area contributed by atoms with Crippen molar-refractivity contribution in [2.24, 2.45) is 0 Å². The maximum Gasteiger partial charge on any atom is 0.227 e. The number of aryl methyl sites for hydroxylation is 1. The highest BCUT2D eigenvalue weighted by molar-refractivity contribution is 7.22. The molecule has 4 aromatic heterocycles. The fourth-order valence-electron chi connectivity index (χ4n) is 5.02. The number of pyridine rings is 2. The minimum Gasteiger partial charge on any atom is -0.437 e. The van der Waals surface area contributed by atoms with Gasteiger partial charge in [0.15, 0.2) is 0 Å². The van der Waals surface area contributed by atoms with Gasteiger partial charge in [0.2, 0.25) is 5.71 Å². The Kier molecular flexibility index (Phi) is 5.23. The lowest BCUT2D eigenvalue weighted by Crippen LogP contribution is -1.98. The van der Waals surface area contributed by atoms with Crippen LogP contribution in [0.15, 0.2) is 71.3 Å². The van der Waals surface area contributed by atoms with Gasteiger partial charge in [-0.25, -0.2) is 4.98 Å². The molecule has 2 aromatic carbocycles. The Morgan fingerprint density at radius 1 is 0.829 bits per heavy atom. The topological polar surface area (TPSA) is 38.9 Å². The zero-order valence-electron chi connectivity index (χ0n) is 20.7. The van der Waals surface area contributed by atoms with E-state index in [1.165, 1.54) is 31.7 Å². The van der Waals surface area contributed by atoms with Crippen molar-refractivity contribution in [2.75, 3.05) is 0 Å². The molecule has 6 rings (SSSR count). The molecule has 0 bridgehead atoms. The summed E-state index contributed by atoms with van der Waals surface area (Å²) in [7, 11) is 0. The van der Waals surface area contributed by atoms with Gasteiger partial charge in [-0.1, -0.05) is 58.0 Å². The number of thiophene rings is 1. The summed E-state index contributed by atoms with van der Waals surface area (Å²) in [5, 5.41) is 3.33. The Balaban J connectivity index is 1.53. The van der Waals surface area contributed by atoms with Crippen molar-refractivity contribution < 1.29 is 4.42 Å². The van der Waals surface area contributed by atoms with Crippen molar-refractivity contribution >= 4 is 43.5 Å². The van der Waals surface area contributed by atoms with Crippen LogP contribution in [0.5, 0.6) is 0 Å². The van der Waals surface area contributed by atoms with Crippen LogP contribution in [0.25, 0.3) is 53.9 Å². The van der Waals surface area contributed by atoms with Crippen LogP contribution in [0.1, 0.15) is 56.4 Å². The second-order valence-corrected chi connectivity index (χ2v) is 11.0. The van der Waals surface area contributed by atoms with Crippen LogP contribution in [0.4, 0.5) is 0 Å². The molecule has 0 amide bonds. The Hall–Kier alpha value is -3.50. The fraction of sp³-hybridized carbons (Fsp3) is 0.226. The van der Waals surface area contributed by atoms with Gasteiger partial charge in [-0.15, -0.1) is 11.3 Å². The van der Waals surface area contributed by atoms with Crippen molar-refractivity contribution in [3.05, 3.63) is 83.7 Å². The van der Waals surface area contributed by atoms with Gasteiger partial charge < -0.3 is 4.42 Å². The highest BCUT2D eigenvalue weighted by atomic mass is 32.1. The molecule has 4 heteroatoms. The average molecular weight is 477 g/mol. The third-order valence-corrected chi connectivity index (χ3v) is 7.91. The number of benzene rings is 2. The number of aromatic nitrogens is 2. The number of fused-ring (bicyclic) bond motifs is 4. The van der Waals surface area contributed by atoms with E-state index < -0.39 is 0 Å². The molecule has 4 heterocycles. The van der Waals surface area contributed by atoms with Crippen molar-refractivity contribution in [1.82, 2.24) is 9.97 Å². The third kappa shape index (κ3) is 3.64. The molecular weight excluding hydrogens is 448 g/mol. The summed E-state index contributed by atoms with van der Waals surface area (Å²) in [5.41, 5.74) is 8.60. The Morgan fingerprint density at radius 3 is 2.31 bits per heavy atom. The predicted octanol–water partition coefficient (Wildman–Crippen LogP) is 9.48. The van der Waals surface area contributed by atoms with Crippen molar-refractivity contribution in [1.29, 1.82) is 0 Å². The standard InChI is InChI=1S/C31H28N2OS/c1-17(2)21-8-6-9-22(18(3)4)29(21)27-15-20-14-26(32-16-28(20)35-27)25-11-7-10-23-24-13-12-19(5)33-31(24)34-30(23)25/h6-18H,1-5H3. The lowest BCUT2D eigenvalue weighted by molar-refractivity contribution is 0.653. The van der Waals surface area contributed by atoms with E-state index in [0.717, 1.165) is 33.3 Å². The highest BCUT2D eigenvalue weighted by Gasteiger charge is 2.19. The molecule has 174 valence electrons. The second kappa shape index (κ2) is 8.31. The Bertz CT molecular complexity index is 1700. The van der Waals surface area contributed by atoms with Crippen LogP contribution < -0.4 is 0 Å². The lowest BCUT2D eigenvalue weighted by Gasteiger charge is -2.18. The first kappa shape index (κ1) is 22.0. The quantitative estimate of drug-likeness (QED) is 0.254. The summed E-state index contributed by atoms with van der Waals surface area (Å²) in [6.07, 6.45) is 2.01. The van der Waals surface area contributed by atoms with Crippen LogP contribution in [0.3, 0.4) is 0 Å². The largest absolute Gasteiger partial charge is 0.437 e. The lowest BCUT2D eigenvalue weighted by atomic mass is 9.88. The number of para-hydroxylation sites is 1. The van der Waals surface area contributed by atoms with E-state index in [9.17, 15) is 0 Å². The maximum atomic E-state index is 6.24. The highest BCUT2D eigenvalue weighted by Crippen LogP contribution is 2.42. The summed E-state index contributed by atoms with van der Waals surface area (Å²) in [5.74, 6) is 0.927. The minimum atomic E-state index is 0.463. The van der Waals surface area contributed by atoms with E-state index in [1.807, 2.05) is 30.5 Å². The summed E-state index contributed by atoms with van der Waals surface area (Å²) in [4.78, 5) is 10.8. The normalized spacial score (nSPS) is 12.1. The number of furan rings is 1. The van der Waals surface area contributed by atoms with Crippen molar-refractivity contribution in [3.63, 3.8) is 0 Å². The maximum absolute atomic E-state index is 6.24. The first-order valence-electron chi connectivity index (χ1n) is 12.2. The molecule has 0 aliphatic rings. The van der Waals surface area contributed by atoms with Gasteiger partial charge in [-0.2, -0.15) is 0 Å². The molecule has 35 heavy (non-hydrogen) atoms. The van der Waals surface area contributed by atoms with E-state index in [0.29, 0.717) is 17.5 Å². The molecule has 0 radical (unpaired) electrons. The van der Waals surface area contributed by atoms with Gasteiger partial charge in [0.05, 0.1) is 10.4 Å². The molecule has 0 spiro atoms. The van der Waals surface area contributed by atoms with Crippen LogP contribution in [-0.4, -0.2) is 9.97 Å². The zero-order valence-corrected chi connectivity index (χ0v) is 21.5. The van der Waals surface area contributed by atoms with Gasteiger partial charge in [0.25, 0.3) is 0 Å². The Labute approximate surface area is 209 Å². The van der Waals surface area contributed by atoms with Gasteiger partial charge in [0, 0.05) is 33.1 Å². The smallest absolute Gasteiger partial charge is 0.227 e. The predicted molar refractivity (Wildman–Crippen MR) is 148 cm³/mol. The van der Waals surface area contributed by atoms with E-state index in [4.69, 9.17) is 9.40 Å². The van der Waals surface area contributed by atoms with E-state index >= 15 is 0 Å².